The van der Waals surface area contributed by atoms with E-state index in [1.165, 1.54) is 86.4 Å². The van der Waals surface area contributed by atoms with Crippen molar-refractivity contribution < 1.29 is 30.4 Å². The van der Waals surface area contributed by atoms with Crippen molar-refractivity contribution in [2.24, 2.45) is 0 Å². The zero-order chi connectivity index (χ0) is 42.8. The van der Waals surface area contributed by atoms with E-state index in [0.717, 1.165) is 0 Å². The molecule has 6 rings (SSSR count). The quantitative estimate of drug-likeness (QED) is 0.0950. The van der Waals surface area contributed by atoms with Gasteiger partial charge in [-0.3, -0.25) is 9.59 Å². The van der Waals surface area contributed by atoms with Crippen LogP contribution in [-0.4, -0.2) is 19.4 Å². The van der Waals surface area contributed by atoms with Gasteiger partial charge in [0.25, 0.3) is 0 Å². The Morgan fingerprint density at radius 1 is 0.569 bits per heavy atom. The molecule has 0 fully saturated rings. The maximum absolute atomic E-state index is 10.6. The van der Waals surface area contributed by atoms with Gasteiger partial charge in [-0.05, 0) is 45.9 Å². The molecule has 2 unspecified atom stereocenters. The number of hydrogen-bond donors (Lipinski definition) is 2. The molecular formula is C50H62BCl2N2O2Zr. The van der Waals surface area contributed by atoms with Crippen molar-refractivity contribution in [3.63, 3.8) is 0 Å². The van der Waals surface area contributed by atoms with Crippen LogP contribution in [0.2, 0.25) is 0 Å². The monoisotopic (exact) mass is 893 g/mol. The van der Waals surface area contributed by atoms with Crippen LogP contribution in [-0.2, 0) is 30.4 Å². The molecule has 8 heteroatoms. The molecule has 0 saturated carbocycles. The number of halogens is 2. The molecule has 2 amide bonds. The Kier molecular flexibility index (Phi) is 21.3. The average molecular weight is 896 g/mol. The van der Waals surface area contributed by atoms with E-state index < -0.39 is 20.8 Å². The Morgan fingerprint density at radius 3 is 1.24 bits per heavy atom. The summed E-state index contributed by atoms with van der Waals surface area (Å²) in [5.41, 5.74) is 11.3. The van der Waals surface area contributed by atoms with Gasteiger partial charge in [0.1, 0.15) is 0 Å². The summed E-state index contributed by atoms with van der Waals surface area (Å²) in [5.74, 6) is 2.11. The Bertz CT molecular complexity index is 2020. The molecule has 58 heavy (non-hydrogen) atoms. The molecule has 0 aliphatic heterocycles. The van der Waals surface area contributed by atoms with E-state index in [-0.39, 0.29) is 11.8 Å². The van der Waals surface area contributed by atoms with Crippen LogP contribution in [0.3, 0.4) is 0 Å². The number of hydrogen-bond acceptors (Lipinski definition) is 2. The summed E-state index contributed by atoms with van der Waals surface area (Å²) in [5, 5.41) is 10.3. The van der Waals surface area contributed by atoms with Gasteiger partial charge in [0.05, 0.1) is 0 Å². The molecule has 2 N–H and O–H groups in total. The van der Waals surface area contributed by atoms with Gasteiger partial charge in [0, 0.05) is 12.8 Å². The summed E-state index contributed by atoms with van der Waals surface area (Å²) in [7, 11) is 11.1. The van der Waals surface area contributed by atoms with E-state index >= 15 is 0 Å². The molecule has 1 radical (unpaired) electrons. The molecule has 0 spiro atoms. The van der Waals surface area contributed by atoms with Crippen LogP contribution in [0.1, 0.15) is 141 Å². The molecular weight excluding hydrogens is 834 g/mol. The summed E-state index contributed by atoms with van der Waals surface area (Å²) in [6, 6.07) is 40.6. The zero-order valence-corrected chi connectivity index (χ0v) is 40.1. The fraction of sp³-hybridized carbons (Fsp3) is 0.360. The van der Waals surface area contributed by atoms with Crippen molar-refractivity contribution in [2.75, 3.05) is 0 Å². The van der Waals surface area contributed by atoms with Gasteiger partial charge in [-0.1, -0.05) is 154 Å². The minimum atomic E-state index is -0.826. The van der Waals surface area contributed by atoms with E-state index in [9.17, 15) is 9.59 Å². The van der Waals surface area contributed by atoms with Gasteiger partial charge in [0.2, 0.25) is 11.8 Å². The second kappa shape index (κ2) is 25.2. The first-order valence-corrected chi connectivity index (χ1v) is 27.1. The molecule has 6 aromatic carbocycles. The van der Waals surface area contributed by atoms with Gasteiger partial charge in [0.15, 0.2) is 0 Å². The SMILES string of the molecule is CCC(=O)N[B]NC(=O)CC.CCC(C)c1cc2c(-c3ccccc3C(C)C)cccc2[cH-]1.CCC(C)c1cc2c(-c3ccccc3C(C)C)cccc2[cH-]1.[Cl][Zr+2][Cl]. The second-order valence-electron chi connectivity index (χ2n) is 15.4. The third kappa shape index (κ3) is 13.8. The number of benzene rings is 4. The maximum atomic E-state index is 10.6. The van der Waals surface area contributed by atoms with Crippen LogP contribution in [0.15, 0.2) is 109 Å². The Balaban J connectivity index is 0.000000237. The second-order valence-corrected chi connectivity index (χ2v) is 19.1. The molecule has 0 saturated heterocycles. The predicted molar refractivity (Wildman–Crippen MR) is 250 cm³/mol. The van der Waals surface area contributed by atoms with E-state index in [0.29, 0.717) is 36.5 Å². The molecule has 4 nitrogen and oxygen atoms in total. The van der Waals surface area contributed by atoms with Gasteiger partial charge < -0.3 is 10.5 Å². The average Bonchev–Trinajstić information content (AvgIpc) is 3.89. The summed E-state index contributed by atoms with van der Waals surface area (Å²) in [6.45, 7) is 21.7. The van der Waals surface area contributed by atoms with E-state index in [2.05, 4.69) is 175 Å². The molecule has 0 aliphatic carbocycles. The van der Waals surface area contributed by atoms with Gasteiger partial charge >= 0.3 is 45.4 Å². The Morgan fingerprint density at radius 2 is 0.914 bits per heavy atom. The minimum absolute atomic E-state index is 0.110. The summed E-state index contributed by atoms with van der Waals surface area (Å²) >= 11 is -0.826. The molecule has 2 atom stereocenters. The van der Waals surface area contributed by atoms with Crippen molar-refractivity contribution in [1.82, 2.24) is 10.5 Å². The van der Waals surface area contributed by atoms with Crippen LogP contribution in [0.5, 0.6) is 0 Å². The summed E-state index contributed by atoms with van der Waals surface area (Å²) in [4.78, 5) is 21.2. The van der Waals surface area contributed by atoms with E-state index in [4.69, 9.17) is 17.0 Å². The summed E-state index contributed by atoms with van der Waals surface area (Å²) in [6.07, 6.45) is 3.21. The first-order valence-electron chi connectivity index (χ1n) is 20.8. The van der Waals surface area contributed by atoms with Crippen LogP contribution in [0.4, 0.5) is 0 Å². The first-order chi connectivity index (χ1) is 27.8. The number of nitrogens with one attached hydrogen (secondary N) is 2. The van der Waals surface area contributed by atoms with E-state index in [1.807, 2.05) is 0 Å². The van der Waals surface area contributed by atoms with Crippen LogP contribution >= 0.6 is 17.0 Å². The standard InChI is InChI=1S/2C22H25.C6H12BN2O2.2ClH.Zr/c2*1-5-16(4)18-13-17-9-8-12-21(22(17)14-18)20-11-7-6-10-19(20)15(2)3;1-3-5(10)8-7-9-6(11)4-2;;;/h2*6-16H,5H2,1-4H3;3-4H2,1-2H3,(H,8,10)(H,9,11);2*1H;/q2*-1;;;;+4/p-2. The van der Waals surface area contributed by atoms with Crippen molar-refractivity contribution >= 4 is 57.9 Å². The molecule has 0 aromatic heterocycles. The normalized spacial score (nSPS) is 11.6. The number of carbonyl (C=O) groups is 2. The van der Waals surface area contributed by atoms with Crippen LogP contribution in [0.25, 0.3) is 43.8 Å². The fourth-order valence-electron chi connectivity index (χ4n) is 6.92. The zero-order valence-electron chi connectivity index (χ0n) is 36.2. The van der Waals surface area contributed by atoms with Gasteiger partial charge in [-0.2, -0.15) is 12.1 Å². The van der Waals surface area contributed by atoms with Crippen molar-refractivity contribution in [3.8, 4) is 22.3 Å². The molecule has 0 bridgehead atoms. The number of rotatable bonds is 12. The van der Waals surface area contributed by atoms with Gasteiger partial charge in [-0.25, -0.2) is 0 Å². The first kappa shape index (κ1) is 48.9. The van der Waals surface area contributed by atoms with Crippen molar-refractivity contribution in [2.45, 2.75) is 119 Å². The molecule has 0 heterocycles. The Labute approximate surface area is 368 Å². The van der Waals surface area contributed by atoms with Crippen molar-refractivity contribution in [3.05, 3.63) is 131 Å². The summed E-state index contributed by atoms with van der Waals surface area (Å²) < 4.78 is 0. The molecule has 0 aliphatic rings. The van der Waals surface area contributed by atoms with Crippen molar-refractivity contribution in [1.29, 1.82) is 0 Å². The number of fused-ring (bicyclic) bond motifs is 2. The third-order valence-corrected chi connectivity index (χ3v) is 10.8. The Hall–Kier alpha value is -3.43. The number of carbonyl (C=O) groups excluding carboxylic acids is 2. The molecule has 305 valence electrons. The van der Waals surface area contributed by atoms with Crippen LogP contribution < -0.4 is 10.5 Å². The topological polar surface area (TPSA) is 58.2 Å². The third-order valence-electron chi connectivity index (χ3n) is 10.8. The fourth-order valence-corrected chi connectivity index (χ4v) is 6.92. The van der Waals surface area contributed by atoms with E-state index in [1.54, 1.807) is 13.8 Å². The molecule has 6 aromatic rings. The van der Waals surface area contributed by atoms with Gasteiger partial charge in [-0.15, -0.1) is 69.1 Å². The predicted octanol–water partition coefficient (Wildman–Crippen LogP) is 14.7. The number of amides is 2. The van der Waals surface area contributed by atoms with Crippen LogP contribution in [0, 0.1) is 0 Å².